The molecule has 4 aliphatic rings. The highest BCUT2D eigenvalue weighted by molar-refractivity contribution is 6.09. The van der Waals surface area contributed by atoms with Crippen LogP contribution in [0.2, 0.25) is 0 Å². The second-order valence-corrected chi connectivity index (χ2v) is 17.6. The molecule has 9 heterocycles. The van der Waals surface area contributed by atoms with Gasteiger partial charge in [0.25, 0.3) is 0 Å². The molecule has 3 aliphatic heterocycles. The number of fused-ring (bicyclic) bond motifs is 6. The predicted molar refractivity (Wildman–Crippen MR) is 276 cm³/mol. The van der Waals surface area contributed by atoms with E-state index in [1.54, 1.807) is 0 Å². The van der Waals surface area contributed by atoms with Crippen molar-refractivity contribution >= 4 is 55.9 Å². The Morgan fingerprint density at radius 2 is 1.06 bits per heavy atom. The quantitative estimate of drug-likeness (QED) is 0.158. The predicted octanol–water partition coefficient (Wildman–Crippen LogP) is 12.0. The molecule has 9 aromatic rings. The van der Waals surface area contributed by atoms with Gasteiger partial charge in [-0.15, -0.1) is 0 Å². The minimum absolute atomic E-state index is 0.0427. The average Bonchev–Trinajstić information content (AvgIpc) is 3.94. The Kier molecular flexibility index (Phi) is 9.70. The molecule has 1 aliphatic carbocycles. The van der Waals surface area contributed by atoms with E-state index in [4.69, 9.17) is 24.9 Å². The van der Waals surface area contributed by atoms with Crippen molar-refractivity contribution in [2.45, 2.75) is 37.5 Å². The molecule has 0 bridgehead atoms. The molecule has 3 unspecified atom stereocenters. The molecule has 0 saturated carbocycles. The summed E-state index contributed by atoms with van der Waals surface area (Å²) in [6.45, 7) is 0. The van der Waals surface area contributed by atoms with Crippen LogP contribution < -0.4 is 10.6 Å². The number of nitrogens with zero attached hydrogens (tertiary/aromatic N) is 7. The van der Waals surface area contributed by atoms with Gasteiger partial charge in [-0.1, -0.05) is 109 Å². The fourth-order valence-corrected chi connectivity index (χ4v) is 10.3. The number of dihydropyridines is 3. The van der Waals surface area contributed by atoms with Gasteiger partial charge in [0.15, 0.2) is 0 Å². The molecule has 0 fully saturated rings. The number of aromatic nitrogens is 6. The highest BCUT2D eigenvalue weighted by Crippen LogP contribution is 2.36. The van der Waals surface area contributed by atoms with E-state index < -0.39 is 0 Å². The standard InChI is InChI=1S/C59H45N9/c1-5-32-54-38(16-1)39-17-2-6-33-55(39)67(54)58-36-14-30-52(65-58)50-28-12-26-48(63-50)46-24-10-22-44(61-46)42-20-9-21-43(60-42)45-23-11-25-47(62-45)49-27-13-29-51(64-49)53-31-15-37-59(66-53)68-56-34-7-3-18-40(56)41-19-4-8-35-57(41)68/h1-3,5-18,21-37,42,44,59,61,66H,4,19-20H2. The molecule has 0 spiro atoms. The number of allylic oxidation sites excluding steroid dienone is 6. The first-order valence-electron chi connectivity index (χ1n) is 23.4. The topological polar surface area (TPSA) is 97.8 Å². The largest absolute Gasteiger partial charge is 0.375 e. The Hall–Kier alpha value is -8.69. The van der Waals surface area contributed by atoms with Gasteiger partial charge in [-0.25, -0.2) is 19.9 Å². The number of para-hydroxylation sites is 3. The Balaban J connectivity index is 0.728. The van der Waals surface area contributed by atoms with Gasteiger partial charge >= 0.3 is 0 Å². The number of aliphatic imine (C=N–C) groups is 1. The third kappa shape index (κ3) is 6.98. The minimum Gasteiger partial charge on any atom is -0.375 e. The molecule has 0 saturated heterocycles. The van der Waals surface area contributed by atoms with Crippen molar-refractivity contribution in [3.05, 3.63) is 229 Å². The van der Waals surface area contributed by atoms with Crippen LogP contribution >= 0.6 is 0 Å². The fraction of sp³-hybridized carbons (Fsp3) is 0.102. The molecule has 0 amide bonds. The maximum Gasteiger partial charge on any atom is 0.138 e. The van der Waals surface area contributed by atoms with Crippen LogP contribution in [0, 0.1) is 0 Å². The van der Waals surface area contributed by atoms with E-state index in [-0.39, 0.29) is 18.2 Å². The van der Waals surface area contributed by atoms with Crippen LogP contribution in [0.3, 0.4) is 0 Å². The third-order valence-electron chi connectivity index (χ3n) is 13.4. The van der Waals surface area contributed by atoms with Gasteiger partial charge in [-0.2, -0.15) is 0 Å². The maximum atomic E-state index is 5.30. The summed E-state index contributed by atoms with van der Waals surface area (Å²) in [7, 11) is 0. The van der Waals surface area contributed by atoms with Crippen molar-refractivity contribution in [3.8, 4) is 28.6 Å². The van der Waals surface area contributed by atoms with Gasteiger partial charge < -0.3 is 15.2 Å². The third-order valence-corrected chi connectivity index (χ3v) is 13.4. The summed E-state index contributed by atoms with van der Waals surface area (Å²) < 4.78 is 4.66. The van der Waals surface area contributed by atoms with Crippen LogP contribution in [-0.4, -0.2) is 46.9 Å². The molecule has 0 radical (unpaired) electrons. The highest BCUT2D eigenvalue weighted by Gasteiger charge is 2.26. The van der Waals surface area contributed by atoms with Gasteiger partial charge in [-0.3, -0.25) is 9.56 Å². The van der Waals surface area contributed by atoms with Crippen molar-refractivity contribution in [2.75, 3.05) is 0 Å². The summed E-state index contributed by atoms with van der Waals surface area (Å²) in [5.41, 5.74) is 14.7. The highest BCUT2D eigenvalue weighted by atomic mass is 15.2. The zero-order valence-corrected chi connectivity index (χ0v) is 37.1. The van der Waals surface area contributed by atoms with E-state index in [1.807, 2.05) is 42.5 Å². The molecule has 3 atom stereocenters. The first-order chi connectivity index (χ1) is 33.7. The SMILES string of the molecule is C1=CC(C2CC=CC(c3cccc(-c4cccc(C5=CC=CC(n6c7c(c8ccccc86)CCC=C7)N5)n4)n3)=N2)NC(c2cccc(-c3cccc(-n4c5ccccc5c5ccccc54)n3)n2)=C1. The number of hydrogen-bond acceptors (Lipinski definition) is 7. The first-order valence-corrected chi connectivity index (χ1v) is 23.4. The van der Waals surface area contributed by atoms with Crippen molar-refractivity contribution in [2.24, 2.45) is 4.99 Å². The van der Waals surface area contributed by atoms with Crippen LogP contribution in [0.25, 0.3) is 78.8 Å². The van der Waals surface area contributed by atoms with Crippen molar-refractivity contribution < 1.29 is 0 Å². The number of benzene rings is 3. The summed E-state index contributed by atoms with van der Waals surface area (Å²) in [6.07, 6.45) is 24.6. The summed E-state index contributed by atoms with van der Waals surface area (Å²) >= 11 is 0. The number of rotatable bonds is 8. The molecule has 9 nitrogen and oxygen atoms in total. The van der Waals surface area contributed by atoms with E-state index in [0.29, 0.717) is 0 Å². The smallest absolute Gasteiger partial charge is 0.138 e. The average molecular weight is 880 g/mol. The zero-order chi connectivity index (χ0) is 45.0. The maximum absolute atomic E-state index is 5.30. The minimum atomic E-state index is -0.0529. The second kappa shape index (κ2) is 16.6. The van der Waals surface area contributed by atoms with Gasteiger partial charge in [0.1, 0.15) is 12.0 Å². The molecule has 13 rings (SSSR count). The Labute approximate surface area is 393 Å². The van der Waals surface area contributed by atoms with E-state index in [0.717, 1.165) is 93.1 Å². The van der Waals surface area contributed by atoms with Gasteiger partial charge in [0.2, 0.25) is 0 Å². The van der Waals surface area contributed by atoms with Crippen LogP contribution in [-0.2, 0) is 6.42 Å². The molecule has 2 N–H and O–H groups in total. The second-order valence-electron chi connectivity index (χ2n) is 17.6. The molecule has 6 aromatic heterocycles. The zero-order valence-electron chi connectivity index (χ0n) is 37.1. The summed E-state index contributed by atoms with van der Waals surface area (Å²) in [6, 6.07) is 50.2. The normalized spacial score (nSPS) is 18.5. The van der Waals surface area contributed by atoms with E-state index in [2.05, 4.69) is 184 Å². The molecule has 68 heavy (non-hydrogen) atoms. The van der Waals surface area contributed by atoms with Crippen LogP contribution in [0.15, 0.2) is 205 Å². The van der Waals surface area contributed by atoms with Gasteiger partial charge in [0.05, 0.1) is 85.6 Å². The lowest BCUT2D eigenvalue weighted by atomic mass is 9.98. The molecule has 9 heteroatoms. The van der Waals surface area contributed by atoms with E-state index >= 15 is 0 Å². The number of pyridine rings is 4. The van der Waals surface area contributed by atoms with Crippen LogP contribution in [0.1, 0.15) is 47.3 Å². The van der Waals surface area contributed by atoms with Gasteiger partial charge in [0, 0.05) is 21.9 Å². The number of hydrogen-bond donors (Lipinski definition) is 2. The number of nitrogens with one attached hydrogen (secondary N) is 2. The van der Waals surface area contributed by atoms with Crippen molar-refractivity contribution in [1.29, 1.82) is 0 Å². The summed E-state index contributed by atoms with van der Waals surface area (Å²) in [5, 5.41) is 11.3. The Bertz CT molecular complexity index is 3650. The molecular formula is C59H45N9. The molecule has 326 valence electrons. The van der Waals surface area contributed by atoms with Crippen molar-refractivity contribution in [1.82, 2.24) is 39.7 Å². The lowest BCUT2D eigenvalue weighted by molar-refractivity contribution is 0.553. The summed E-state index contributed by atoms with van der Waals surface area (Å²) in [5.74, 6) is 0.854. The first kappa shape index (κ1) is 39.7. The number of aryl methyl sites for hydroxylation is 1. The summed E-state index contributed by atoms with van der Waals surface area (Å²) in [4.78, 5) is 25.9. The van der Waals surface area contributed by atoms with Gasteiger partial charge in [-0.05, 0) is 122 Å². The lowest BCUT2D eigenvalue weighted by Crippen LogP contribution is -2.39. The fourth-order valence-electron chi connectivity index (χ4n) is 10.3. The monoisotopic (exact) mass is 879 g/mol. The Morgan fingerprint density at radius 1 is 0.485 bits per heavy atom. The van der Waals surface area contributed by atoms with E-state index in [9.17, 15) is 0 Å². The molecular weight excluding hydrogens is 835 g/mol. The van der Waals surface area contributed by atoms with Crippen molar-refractivity contribution in [3.63, 3.8) is 0 Å². The molecule has 3 aromatic carbocycles. The lowest BCUT2D eigenvalue weighted by Gasteiger charge is -2.28. The van der Waals surface area contributed by atoms with E-state index in [1.165, 1.54) is 32.9 Å². The van der Waals surface area contributed by atoms with Crippen LogP contribution in [0.4, 0.5) is 0 Å². The Morgan fingerprint density at radius 3 is 1.78 bits per heavy atom. The van der Waals surface area contributed by atoms with Crippen LogP contribution in [0.5, 0.6) is 0 Å².